The van der Waals surface area contributed by atoms with Gasteiger partial charge in [0.25, 0.3) is 0 Å². The van der Waals surface area contributed by atoms with Crippen LogP contribution in [0.2, 0.25) is 0 Å². The maximum atomic E-state index is 13.0. The van der Waals surface area contributed by atoms with Crippen molar-refractivity contribution in [3.05, 3.63) is 82.9 Å². The van der Waals surface area contributed by atoms with Crippen molar-refractivity contribution in [3.8, 4) is 17.2 Å². The third-order valence-electron chi connectivity index (χ3n) is 6.05. The molecular weight excluding hydrogens is 406 g/mol. The Labute approximate surface area is 188 Å². The van der Waals surface area contributed by atoms with Crippen LogP contribution in [-0.4, -0.2) is 38.4 Å². The van der Waals surface area contributed by atoms with Crippen molar-refractivity contribution in [1.29, 1.82) is 0 Å². The van der Waals surface area contributed by atoms with Crippen molar-refractivity contribution in [2.75, 3.05) is 32.2 Å². The largest absolute Gasteiger partial charge is 0.507 e. The summed E-state index contributed by atoms with van der Waals surface area (Å²) in [5, 5.41) is 11.2. The molecule has 6 heteroatoms. The van der Waals surface area contributed by atoms with Crippen LogP contribution in [0.4, 0.5) is 5.69 Å². The van der Waals surface area contributed by atoms with Gasteiger partial charge in [-0.15, -0.1) is 0 Å². The number of rotatable bonds is 7. The Morgan fingerprint density at radius 1 is 0.906 bits per heavy atom. The van der Waals surface area contributed by atoms with Crippen LogP contribution >= 0.6 is 0 Å². The topological polar surface area (TPSA) is 68.2 Å². The van der Waals surface area contributed by atoms with E-state index in [4.69, 9.17) is 14.2 Å². The Balaban J connectivity index is 2.04. The third kappa shape index (κ3) is 3.23. The number of ether oxygens (including phenoxy) is 3. The first kappa shape index (κ1) is 21.6. The minimum Gasteiger partial charge on any atom is -0.507 e. The van der Waals surface area contributed by atoms with Crippen LogP contribution in [0.1, 0.15) is 40.9 Å². The molecule has 0 spiro atoms. The van der Waals surface area contributed by atoms with Crippen molar-refractivity contribution in [2.45, 2.75) is 19.4 Å². The van der Waals surface area contributed by atoms with Gasteiger partial charge in [0.15, 0.2) is 5.60 Å². The summed E-state index contributed by atoms with van der Waals surface area (Å²) in [5.41, 5.74) is 1.62. The first-order chi connectivity index (χ1) is 15.5. The van der Waals surface area contributed by atoms with Crippen molar-refractivity contribution in [2.24, 2.45) is 0 Å². The molecule has 0 bridgehead atoms. The second-order valence-electron chi connectivity index (χ2n) is 7.56. The SMILES string of the molecule is CCN(CC)c1ccc(C2(c3cc(OC)ccc3OC)OC(=O)c3ccccc32)c(O)c1. The average Bonchev–Trinajstić information content (AvgIpc) is 3.12. The summed E-state index contributed by atoms with van der Waals surface area (Å²) in [6.45, 7) is 5.74. The highest BCUT2D eigenvalue weighted by Gasteiger charge is 2.51. The molecule has 166 valence electrons. The quantitative estimate of drug-likeness (QED) is 0.544. The van der Waals surface area contributed by atoms with E-state index in [0.717, 1.165) is 18.8 Å². The van der Waals surface area contributed by atoms with E-state index in [1.807, 2.05) is 24.3 Å². The molecule has 0 fully saturated rings. The Morgan fingerprint density at radius 3 is 2.31 bits per heavy atom. The lowest BCUT2D eigenvalue weighted by Gasteiger charge is -2.33. The molecule has 3 aromatic carbocycles. The lowest BCUT2D eigenvalue weighted by Crippen LogP contribution is -2.30. The van der Waals surface area contributed by atoms with Crippen molar-refractivity contribution in [1.82, 2.24) is 0 Å². The van der Waals surface area contributed by atoms with E-state index in [2.05, 4.69) is 18.7 Å². The number of fused-ring (bicyclic) bond motifs is 1. The molecular formula is C26H27NO5. The minimum absolute atomic E-state index is 0.0313. The van der Waals surface area contributed by atoms with Gasteiger partial charge in [-0.05, 0) is 50.2 Å². The zero-order chi connectivity index (χ0) is 22.9. The van der Waals surface area contributed by atoms with Gasteiger partial charge in [0.1, 0.15) is 17.2 Å². The predicted molar refractivity (Wildman–Crippen MR) is 123 cm³/mol. The summed E-state index contributed by atoms with van der Waals surface area (Å²) >= 11 is 0. The molecule has 1 heterocycles. The number of nitrogens with zero attached hydrogens (tertiary/aromatic N) is 1. The molecule has 0 radical (unpaired) electrons. The summed E-state index contributed by atoms with van der Waals surface area (Å²) in [7, 11) is 3.13. The van der Waals surface area contributed by atoms with Gasteiger partial charge >= 0.3 is 5.97 Å². The minimum atomic E-state index is -1.39. The van der Waals surface area contributed by atoms with Gasteiger partial charge in [0.05, 0.1) is 25.3 Å². The number of methoxy groups -OCH3 is 2. The highest BCUT2D eigenvalue weighted by Crippen LogP contribution is 2.53. The zero-order valence-corrected chi connectivity index (χ0v) is 18.7. The van der Waals surface area contributed by atoms with E-state index in [0.29, 0.717) is 33.8 Å². The fraction of sp³-hybridized carbons (Fsp3) is 0.269. The average molecular weight is 434 g/mol. The first-order valence-corrected chi connectivity index (χ1v) is 10.6. The van der Waals surface area contributed by atoms with Crippen LogP contribution in [0, 0.1) is 0 Å². The summed E-state index contributed by atoms with van der Waals surface area (Å²) < 4.78 is 17.2. The van der Waals surface area contributed by atoms with E-state index in [9.17, 15) is 9.90 Å². The number of esters is 1. The van der Waals surface area contributed by atoms with Gasteiger partial charge in [0, 0.05) is 36.0 Å². The number of phenols is 1. The van der Waals surface area contributed by atoms with E-state index in [1.54, 1.807) is 50.6 Å². The standard InChI is InChI=1S/C26H27NO5/c1-5-27(6-2)17-11-13-21(23(28)15-17)26(20-10-8-7-9-19(20)25(29)32-26)22-16-18(30-3)12-14-24(22)31-4/h7-16,28H,5-6H2,1-4H3. The fourth-order valence-electron chi connectivity index (χ4n) is 4.45. The number of phenolic OH excluding ortho intramolecular Hbond substituents is 1. The van der Waals surface area contributed by atoms with Gasteiger partial charge in [-0.3, -0.25) is 0 Å². The second-order valence-corrected chi connectivity index (χ2v) is 7.56. The Kier molecular flexibility index (Phi) is 5.70. The predicted octanol–water partition coefficient (Wildman–Crippen LogP) is 4.72. The highest BCUT2D eigenvalue weighted by molar-refractivity contribution is 5.96. The Hall–Kier alpha value is -3.67. The first-order valence-electron chi connectivity index (χ1n) is 10.6. The van der Waals surface area contributed by atoms with Crippen LogP contribution in [0.25, 0.3) is 0 Å². The molecule has 0 saturated heterocycles. The molecule has 32 heavy (non-hydrogen) atoms. The summed E-state index contributed by atoms with van der Waals surface area (Å²) in [5.74, 6) is 0.670. The van der Waals surface area contributed by atoms with Crippen molar-refractivity contribution < 1.29 is 24.1 Å². The molecule has 1 N–H and O–H groups in total. The molecule has 1 aliphatic heterocycles. The molecule has 1 aliphatic rings. The van der Waals surface area contributed by atoms with E-state index < -0.39 is 11.6 Å². The van der Waals surface area contributed by atoms with E-state index >= 15 is 0 Å². The van der Waals surface area contributed by atoms with Gasteiger partial charge in [-0.2, -0.15) is 0 Å². The number of benzene rings is 3. The summed E-state index contributed by atoms with van der Waals surface area (Å²) in [6, 6.07) is 18.0. The molecule has 0 aromatic heterocycles. The van der Waals surface area contributed by atoms with Gasteiger partial charge in [-0.25, -0.2) is 4.79 Å². The van der Waals surface area contributed by atoms with E-state index in [1.165, 1.54) is 0 Å². The van der Waals surface area contributed by atoms with Crippen LogP contribution in [0.3, 0.4) is 0 Å². The molecule has 0 saturated carbocycles. The lowest BCUT2D eigenvalue weighted by atomic mass is 9.78. The Bertz CT molecular complexity index is 1150. The maximum absolute atomic E-state index is 13.0. The second kappa shape index (κ2) is 8.46. The summed E-state index contributed by atoms with van der Waals surface area (Å²) in [4.78, 5) is 15.1. The summed E-state index contributed by atoms with van der Waals surface area (Å²) in [6.07, 6.45) is 0. The smallest absolute Gasteiger partial charge is 0.340 e. The van der Waals surface area contributed by atoms with Gasteiger partial charge < -0.3 is 24.2 Å². The number of hydrogen-bond acceptors (Lipinski definition) is 6. The number of aromatic hydroxyl groups is 1. The van der Waals surface area contributed by atoms with Crippen molar-refractivity contribution >= 4 is 11.7 Å². The fourth-order valence-corrected chi connectivity index (χ4v) is 4.45. The molecule has 0 amide bonds. The van der Waals surface area contributed by atoms with E-state index in [-0.39, 0.29) is 5.75 Å². The van der Waals surface area contributed by atoms with Crippen LogP contribution in [0.5, 0.6) is 17.2 Å². The number of carbonyl (C=O) groups excluding carboxylic acids is 1. The van der Waals surface area contributed by atoms with Crippen LogP contribution in [-0.2, 0) is 10.3 Å². The molecule has 4 rings (SSSR count). The normalized spacial score (nSPS) is 16.9. The number of cyclic esters (lactones) is 1. The molecule has 6 nitrogen and oxygen atoms in total. The maximum Gasteiger partial charge on any atom is 0.340 e. The Morgan fingerprint density at radius 2 is 1.66 bits per heavy atom. The van der Waals surface area contributed by atoms with Crippen LogP contribution in [0.15, 0.2) is 60.7 Å². The molecule has 1 unspecified atom stereocenters. The molecule has 3 aromatic rings. The zero-order valence-electron chi connectivity index (χ0n) is 18.7. The number of hydrogen-bond donors (Lipinski definition) is 1. The molecule has 1 atom stereocenters. The van der Waals surface area contributed by atoms with Crippen LogP contribution < -0.4 is 14.4 Å². The van der Waals surface area contributed by atoms with Gasteiger partial charge in [-0.1, -0.05) is 18.2 Å². The number of anilines is 1. The van der Waals surface area contributed by atoms with Crippen molar-refractivity contribution in [3.63, 3.8) is 0 Å². The lowest BCUT2D eigenvalue weighted by molar-refractivity contribution is 0.0238. The number of carbonyl (C=O) groups is 1. The molecule has 0 aliphatic carbocycles. The monoisotopic (exact) mass is 433 g/mol. The van der Waals surface area contributed by atoms with Gasteiger partial charge in [0.2, 0.25) is 0 Å². The third-order valence-corrected chi connectivity index (χ3v) is 6.05. The highest BCUT2D eigenvalue weighted by atomic mass is 16.6.